The van der Waals surface area contributed by atoms with Crippen LogP contribution in [0.3, 0.4) is 0 Å². The second kappa shape index (κ2) is 8.79. The Morgan fingerprint density at radius 3 is 1.93 bits per heavy atom. The first kappa shape index (κ1) is 21.7. The first-order chi connectivity index (χ1) is 14.5. The number of aromatic carboxylic acids is 1. The van der Waals surface area contributed by atoms with Crippen LogP contribution < -0.4 is 0 Å². The van der Waals surface area contributed by atoms with E-state index >= 15 is 0 Å². The summed E-state index contributed by atoms with van der Waals surface area (Å²) in [7, 11) is 1.43. The van der Waals surface area contributed by atoms with E-state index in [0.29, 0.717) is 10.6 Å². The predicted octanol–water partition coefficient (Wildman–Crippen LogP) is 5.71. The summed E-state index contributed by atoms with van der Waals surface area (Å²) < 4.78 is 9.12. The molecule has 30 heavy (non-hydrogen) atoms. The van der Waals surface area contributed by atoms with E-state index in [1.54, 1.807) is 6.92 Å². The molecule has 0 bridgehead atoms. The van der Waals surface area contributed by atoms with Gasteiger partial charge >= 0.3 is 11.9 Å². The van der Waals surface area contributed by atoms with Gasteiger partial charge in [0.1, 0.15) is 5.56 Å². The van der Waals surface area contributed by atoms with Gasteiger partial charge in [0, 0.05) is 0 Å². The van der Waals surface area contributed by atoms with Crippen LogP contribution in [0.2, 0.25) is 0 Å². The normalized spacial score (nSPS) is 13.7. The highest BCUT2D eigenvalue weighted by Crippen LogP contribution is 2.49. The summed E-state index contributed by atoms with van der Waals surface area (Å²) in [6.45, 7) is 5.71. The number of hydrogen-bond donors (Lipinski definition) is 1. The number of carboxylic acids is 1. The molecule has 4 rings (SSSR count). The van der Waals surface area contributed by atoms with Gasteiger partial charge < -0.3 is 9.84 Å². The molecular formula is C24H25NO4S. The fourth-order valence-electron chi connectivity index (χ4n) is 3.55. The third-order valence-electron chi connectivity index (χ3n) is 5.32. The molecule has 0 aliphatic heterocycles. The zero-order valence-corrected chi connectivity index (χ0v) is 18.4. The van der Waals surface area contributed by atoms with Crippen LogP contribution in [0.5, 0.6) is 0 Å². The van der Waals surface area contributed by atoms with Crippen molar-refractivity contribution in [3.05, 3.63) is 65.4 Å². The minimum absolute atomic E-state index is 0.168. The first-order valence-corrected chi connectivity index (χ1v) is 10.7. The van der Waals surface area contributed by atoms with Gasteiger partial charge in [0.25, 0.3) is 0 Å². The summed E-state index contributed by atoms with van der Waals surface area (Å²) >= 11 is 1.20. The first-order valence-electron chi connectivity index (χ1n) is 9.95. The molecule has 5 nitrogen and oxygen atoms in total. The Morgan fingerprint density at radius 2 is 1.47 bits per heavy atom. The number of hydrogen-bond acceptors (Lipinski definition) is 5. The lowest BCUT2D eigenvalue weighted by atomic mass is 9.93. The minimum Gasteiger partial charge on any atom is -0.478 e. The Bertz CT molecular complexity index is 1050. The van der Waals surface area contributed by atoms with Gasteiger partial charge in [-0.2, -0.15) is 4.37 Å². The topological polar surface area (TPSA) is 76.5 Å². The van der Waals surface area contributed by atoms with Gasteiger partial charge in [-0.05, 0) is 53.6 Å². The van der Waals surface area contributed by atoms with Crippen molar-refractivity contribution in [1.29, 1.82) is 0 Å². The van der Waals surface area contributed by atoms with E-state index in [0.717, 1.165) is 35.1 Å². The van der Waals surface area contributed by atoms with Crippen molar-refractivity contribution in [2.45, 2.75) is 39.0 Å². The number of carbonyl (C=O) groups is 2. The maximum Gasteiger partial charge on any atom is 0.339 e. The quantitative estimate of drug-likeness (QED) is 0.532. The van der Waals surface area contributed by atoms with Gasteiger partial charge in [0.05, 0.1) is 23.1 Å². The van der Waals surface area contributed by atoms with E-state index in [4.69, 9.17) is 4.74 Å². The Morgan fingerprint density at radius 1 is 0.967 bits per heavy atom. The standard InChI is InChI=1S/C22H19NO4S.C2H6/c1-13-18(20(24)25)19(28-23-13)16-5-3-14(4-6-16)15-7-9-17(10-8-15)22(11-12-22)21(26)27-2;1-2/h3-10H,11-12H2,1-2H3,(H,24,25);1-2H3. The predicted molar refractivity (Wildman–Crippen MR) is 119 cm³/mol. The average molecular weight is 424 g/mol. The number of nitrogens with zero attached hydrogens (tertiary/aromatic N) is 1. The van der Waals surface area contributed by atoms with Crippen molar-refractivity contribution in [3.63, 3.8) is 0 Å². The van der Waals surface area contributed by atoms with Gasteiger partial charge in [0.15, 0.2) is 0 Å². The smallest absolute Gasteiger partial charge is 0.339 e. The van der Waals surface area contributed by atoms with Gasteiger partial charge in [-0.3, -0.25) is 4.79 Å². The number of esters is 1. The molecule has 0 unspecified atom stereocenters. The van der Waals surface area contributed by atoms with E-state index in [-0.39, 0.29) is 11.5 Å². The summed E-state index contributed by atoms with van der Waals surface area (Å²) in [4.78, 5) is 24.2. The second-order valence-electron chi connectivity index (χ2n) is 7.01. The van der Waals surface area contributed by atoms with Crippen LogP contribution in [0.15, 0.2) is 48.5 Å². The van der Waals surface area contributed by atoms with E-state index in [2.05, 4.69) is 4.37 Å². The van der Waals surface area contributed by atoms with E-state index in [1.807, 2.05) is 62.4 Å². The van der Waals surface area contributed by atoms with Crippen molar-refractivity contribution in [2.75, 3.05) is 7.11 Å². The van der Waals surface area contributed by atoms with Gasteiger partial charge in [0.2, 0.25) is 0 Å². The second-order valence-corrected chi connectivity index (χ2v) is 7.78. The van der Waals surface area contributed by atoms with Crippen LogP contribution in [-0.2, 0) is 14.9 Å². The molecule has 1 saturated carbocycles. The van der Waals surface area contributed by atoms with Gasteiger partial charge in [-0.15, -0.1) is 0 Å². The van der Waals surface area contributed by atoms with Gasteiger partial charge in [-0.25, -0.2) is 4.79 Å². The van der Waals surface area contributed by atoms with Crippen molar-refractivity contribution >= 4 is 23.5 Å². The molecule has 3 aromatic rings. The Hall–Kier alpha value is -2.99. The number of carbonyl (C=O) groups excluding carboxylic acids is 1. The molecule has 0 radical (unpaired) electrons. The zero-order chi connectivity index (χ0) is 21.9. The number of rotatable bonds is 5. The number of benzene rings is 2. The monoisotopic (exact) mass is 423 g/mol. The van der Waals surface area contributed by atoms with Crippen molar-refractivity contribution < 1.29 is 19.4 Å². The Labute approximate surface area is 180 Å². The van der Waals surface area contributed by atoms with Crippen LogP contribution in [0.25, 0.3) is 21.6 Å². The Kier molecular flexibility index (Phi) is 6.37. The van der Waals surface area contributed by atoms with Gasteiger partial charge in [-0.1, -0.05) is 62.4 Å². The molecule has 2 aromatic carbocycles. The summed E-state index contributed by atoms with van der Waals surface area (Å²) in [6, 6.07) is 15.8. The van der Waals surface area contributed by atoms with Crippen LogP contribution in [-0.4, -0.2) is 28.5 Å². The molecule has 1 N–H and O–H groups in total. The summed E-state index contributed by atoms with van der Waals surface area (Å²) in [5.41, 5.74) is 4.23. The summed E-state index contributed by atoms with van der Waals surface area (Å²) in [5, 5.41) is 9.42. The number of aryl methyl sites for hydroxylation is 1. The molecule has 0 amide bonds. The third-order valence-corrected chi connectivity index (χ3v) is 6.31. The van der Waals surface area contributed by atoms with Crippen LogP contribution in [0.4, 0.5) is 0 Å². The highest BCUT2D eigenvalue weighted by atomic mass is 32.1. The average Bonchev–Trinajstić information content (AvgIpc) is 3.50. The van der Waals surface area contributed by atoms with Crippen molar-refractivity contribution in [1.82, 2.24) is 4.37 Å². The SMILES string of the molecule is CC.COC(=O)C1(c2ccc(-c3ccc(-c4snc(C)c4C(=O)O)cc3)cc2)CC1. The fraction of sp³-hybridized carbons (Fsp3) is 0.292. The molecule has 1 heterocycles. The van der Waals surface area contributed by atoms with E-state index < -0.39 is 11.4 Å². The summed E-state index contributed by atoms with van der Waals surface area (Å²) in [6.07, 6.45) is 1.65. The lowest BCUT2D eigenvalue weighted by Crippen LogP contribution is -2.21. The van der Waals surface area contributed by atoms with E-state index in [1.165, 1.54) is 18.6 Å². The lowest BCUT2D eigenvalue weighted by molar-refractivity contribution is -0.143. The molecule has 1 aliphatic rings. The molecule has 6 heteroatoms. The molecular weight excluding hydrogens is 398 g/mol. The number of aromatic nitrogens is 1. The zero-order valence-electron chi connectivity index (χ0n) is 17.6. The van der Waals surface area contributed by atoms with E-state index in [9.17, 15) is 14.7 Å². The highest BCUT2D eigenvalue weighted by molar-refractivity contribution is 7.10. The molecule has 1 fully saturated rings. The molecule has 0 atom stereocenters. The van der Waals surface area contributed by atoms with Crippen LogP contribution >= 0.6 is 11.5 Å². The maximum atomic E-state index is 12.0. The lowest BCUT2D eigenvalue weighted by Gasteiger charge is -2.13. The summed E-state index contributed by atoms with van der Waals surface area (Å²) in [5.74, 6) is -1.13. The highest BCUT2D eigenvalue weighted by Gasteiger charge is 2.52. The molecule has 0 saturated heterocycles. The van der Waals surface area contributed by atoms with Crippen LogP contribution in [0, 0.1) is 6.92 Å². The minimum atomic E-state index is -0.958. The number of ether oxygens (including phenoxy) is 1. The maximum absolute atomic E-state index is 12.0. The number of carboxylic acid groups (broad SMARTS) is 1. The number of methoxy groups -OCH3 is 1. The molecule has 156 valence electrons. The fourth-order valence-corrected chi connectivity index (χ4v) is 4.43. The van der Waals surface area contributed by atoms with Crippen molar-refractivity contribution in [3.8, 4) is 21.6 Å². The van der Waals surface area contributed by atoms with Crippen molar-refractivity contribution in [2.24, 2.45) is 0 Å². The molecule has 1 aromatic heterocycles. The Balaban J connectivity index is 0.00000124. The van der Waals surface area contributed by atoms with Crippen LogP contribution in [0.1, 0.15) is 48.3 Å². The molecule has 1 aliphatic carbocycles. The molecule has 0 spiro atoms. The third kappa shape index (κ3) is 3.87. The largest absolute Gasteiger partial charge is 0.478 e.